The summed E-state index contributed by atoms with van der Waals surface area (Å²) in [7, 11) is -3.67. The van der Waals surface area contributed by atoms with Crippen LogP contribution in [0.2, 0.25) is 0 Å². The summed E-state index contributed by atoms with van der Waals surface area (Å²) < 4.78 is 38.7. The topological polar surface area (TPSA) is 113 Å². The smallest absolute Gasteiger partial charge is 0.263 e. The Morgan fingerprint density at radius 2 is 1.91 bits per heavy atom. The van der Waals surface area contributed by atoms with Gasteiger partial charge < -0.3 is 14.5 Å². The van der Waals surface area contributed by atoms with Crippen molar-refractivity contribution in [1.82, 2.24) is 14.9 Å². The summed E-state index contributed by atoms with van der Waals surface area (Å²) in [4.78, 5) is 20.1. The summed E-state index contributed by atoms with van der Waals surface area (Å²) in [6.07, 6.45) is 0. The van der Waals surface area contributed by atoms with Gasteiger partial charge in [0.1, 0.15) is 23.4 Å². The number of morpholine rings is 1. The fourth-order valence-corrected chi connectivity index (χ4v) is 5.35. The number of furan rings is 1. The Kier molecular flexibility index (Phi) is 6.87. The van der Waals surface area contributed by atoms with Gasteiger partial charge in [-0.05, 0) is 37.1 Å². The zero-order valence-corrected chi connectivity index (χ0v) is 19.9. The third-order valence-corrected chi connectivity index (χ3v) is 7.27. The summed E-state index contributed by atoms with van der Waals surface area (Å²) >= 11 is 0. The first-order valence-electron chi connectivity index (χ1n) is 11.1. The number of hydrogen-bond acceptors (Lipinski definition) is 7. The Bertz CT molecular complexity index is 1140. The Labute approximate surface area is 194 Å². The molecular weight excluding hydrogens is 444 g/mol. The molecule has 1 unspecified atom stereocenters. The zero-order chi connectivity index (χ0) is 23.6. The highest BCUT2D eigenvalue weighted by molar-refractivity contribution is 7.90. The Hall–Kier alpha value is -2.69. The molecular formula is C23H30N4O5S. The molecule has 2 aliphatic heterocycles. The van der Waals surface area contributed by atoms with Crippen molar-refractivity contribution < 1.29 is 22.4 Å². The summed E-state index contributed by atoms with van der Waals surface area (Å²) in [6.45, 7) is 8.77. The van der Waals surface area contributed by atoms with E-state index in [1.165, 1.54) is 6.07 Å². The minimum atomic E-state index is -3.67. The molecule has 9 nitrogen and oxygen atoms in total. The second-order valence-corrected chi connectivity index (χ2v) is 10.3. The number of carbonyl (C=O) groups excluding carboxylic acids is 1. The van der Waals surface area contributed by atoms with E-state index in [2.05, 4.69) is 19.9 Å². The van der Waals surface area contributed by atoms with Crippen molar-refractivity contribution >= 4 is 21.8 Å². The first kappa shape index (κ1) is 23.5. The molecule has 1 saturated heterocycles. The standard InChI is InChI=1S/C23H30N4O5S/c1-15(2)21(25-22-17-6-4-5-7-20(17)33(29,30)26-22)23(28)24-14-18(19-9-8-16(3)32-19)27-10-12-31-13-11-27/h4-9,15,18,21H,10-14H2,1-3H3,(H,24,28)(H,25,26)/t18?,21-/m0/s1. The lowest BCUT2D eigenvalue weighted by Crippen LogP contribution is -2.46. The van der Waals surface area contributed by atoms with E-state index in [1.54, 1.807) is 18.2 Å². The highest BCUT2D eigenvalue weighted by Crippen LogP contribution is 2.25. The molecule has 10 heteroatoms. The van der Waals surface area contributed by atoms with E-state index < -0.39 is 16.1 Å². The van der Waals surface area contributed by atoms with E-state index in [-0.39, 0.29) is 28.6 Å². The number of amides is 1. The number of aliphatic imine (C=N–C) groups is 1. The van der Waals surface area contributed by atoms with Crippen LogP contribution in [0.25, 0.3) is 0 Å². The van der Waals surface area contributed by atoms with Crippen LogP contribution in [0.5, 0.6) is 0 Å². The number of ether oxygens (including phenoxy) is 1. The minimum Gasteiger partial charge on any atom is -0.465 e. The number of rotatable bonds is 7. The van der Waals surface area contributed by atoms with E-state index in [0.29, 0.717) is 25.3 Å². The van der Waals surface area contributed by atoms with Gasteiger partial charge in [-0.25, -0.2) is 8.42 Å². The van der Waals surface area contributed by atoms with Crippen LogP contribution >= 0.6 is 0 Å². The average Bonchev–Trinajstić information content (AvgIpc) is 3.33. The number of sulfonamides is 1. The molecule has 178 valence electrons. The fourth-order valence-electron chi connectivity index (χ4n) is 4.11. The lowest BCUT2D eigenvalue weighted by atomic mass is 10.0. The Balaban J connectivity index is 1.53. The molecule has 0 aliphatic carbocycles. The normalized spacial score (nSPS) is 20.9. The molecule has 0 saturated carbocycles. The van der Waals surface area contributed by atoms with Crippen molar-refractivity contribution in [2.45, 2.75) is 37.8 Å². The quantitative estimate of drug-likeness (QED) is 0.633. The predicted molar refractivity (Wildman–Crippen MR) is 124 cm³/mol. The van der Waals surface area contributed by atoms with Gasteiger partial charge in [0.15, 0.2) is 0 Å². The van der Waals surface area contributed by atoms with Gasteiger partial charge in [-0.1, -0.05) is 26.0 Å². The molecule has 0 bridgehead atoms. The van der Waals surface area contributed by atoms with Gasteiger partial charge in [-0.2, -0.15) is 0 Å². The third-order valence-electron chi connectivity index (χ3n) is 5.88. The summed E-state index contributed by atoms with van der Waals surface area (Å²) in [5, 5.41) is 3.02. The fraction of sp³-hybridized carbons (Fsp3) is 0.478. The molecule has 1 amide bonds. The van der Waals surface area contributed by atoms with E-state index >= 15 is 0 Å². The predicted octanol–water partition coefficient (Wildman–Crippen LogP) is 1.84. The van der Waals surface area contributed by atoms with Crippen LogP contribution in [0.3, 0.4) is 0 Å². The van der Waals surface area contributed by atoms with Crippen molar-refractivity contribution in [1.29, 1.82) is 0 Å². The van der Waals surface area contributed by atoms with Gasteiger partial charge in [-0.15, -0.1) is 0 Å². The monoisotopic (exact) mass is 474 g/mol. The number of aryl methyl sites for hydroxylation is 1. The molecule has 1 aromatic heterocycles. The molecule has 2 aliphatic rings. The molecule has 33 heavy (non-hydrogen) atoms. The largest absolute Gasteiger partial charge is 0.465 e. The van der Waals surface area contributed by atoms with Crippen LogP contribution in [0, 0.1) is 12.8 Å². The summed E-state index contributed by atoms with van der Waals surface area (Å²) in [6, 6.07) is 9.60. The van der Waals surface area contributed by atoms with Crippen molar-refractivity contribution in [3.8, 4) is 0 Å². The maximum atomic E-state index is 13.2. The van der Waals surface area contributed by atoms with Gasteiger partial charge in [0.25, 0.3) is 10.0 Å². The van der Waals surface area contributed by atoms with Crippen LogP contribution < -0.4 is 10.0 Å². The van der Waals surface area contributed by atoms with Crippen LogP contribution in [-0.2, 0) is 19.6 Å². The molecule has 4 rings (SSSR count). The minimum absolute atomic E-state index is 0.127. The third kappa shape index (κ3) is 5.13. The van der Waals surface area contributed by atoms with Gasteiger partial charge in [-0.3, -0.25) is 19.4 Å². The molecule has 0 spiro atoms. The SMILES string of the molecule is Cc1ccc(C(CNC(=O)[C@@H](N=C2NS(=O)(=O)c3ccccc32)C(C)C)N2CCOCC2)o1. The maximum absolute atomic E-state index is 13.2. The molecule has 2 atom stereocenters. The number of hydrogen-bond donors (Lipinski definition) is 2. The molecule has 1 aromatic carbocycles. The highest BCUT2D eigenvalue weighted by atomic mass is 32.2. The van der Waals surface area contributed by atoms with Crippen molar-refractivity contribution in [3.63, 3.8) is 0 Å². The Morgan fingerprint density at radius 1 is 1.18 bits per heavy atom. The number of nitrogens with zero attached hydrogens (tertiary/aromatic N) is 2. The van der Waals surface area contributed by atoms with E-state index in [9.17, 15) is 13.2 Å². The van der Waals surface area contributed by atoms with Crippen LogP contribution in [0.1, 0.15) is 37.0 Å². The van der Waals surface area contributed by atoms with E-state index in [4.69, 9.17) is 9.15 Å². The van der Waals surface area contributed by atoms with Crippen molar-refractivity contribution in [2.75, 3.05) is 32.8 Å². The second kappa shape index (κ2) is 9.66. The van der Waals surface area contributed by atoms with Gasteiger partial charge in [0, 0.05) is 25.2 Å². The van der Waals surface area contributed by atoms with E-state index in [1.807, 2.05) is 32.9 Å². The lowest BCUT2D eigenvalue weighted by Gasteiger charge is -2.33. The van der Waals surface area contributed by atoms with Gasteiger partial charge in [0.2, 0.25) is 5.91 Å². The van der Waals surface area contributed by atoms with Crippen molar-refractivity contribution in [3.05, 3.63) is 53.5 Å². The number of carbonyl (C=O) groups is 1. The highest BCUT2D eigenvalue weighted by Gasteiger charge is 2.33. The maximum Gasteiger partial charge on any atom is 0.263 e. The number of benzene rings is 1. The summed E-state index contributed by atoms with van der Waals surface area (Å²) in [5.41, 5.74) is 0.480. The molecule has 0 radical (unpaired) electrons. The lowest BCUT2D eigenvalue weighted by molar-refractivity contribution is -0.123. The van der Waals surface area contributed by atoms with Gasteiger partial charge in [0.05, 0.1) is 24.2 Å². The zero-order valence-electron chi connectivity index (χ0n) is 19.1. The Morgan fingerprint density at radius 3 is 2.58 bits per heavy atom. The molecule has 1 fully saturated rings. The average molecular weight is 475 g/mol. The first-order valence-corrected chi connectivity index (χ1v) is 12.6. The van der Waals surface area contributed by atoms with Crippen molar-refractivity contribution in [2.24, 2.45) is 10.9 Å². The number of amidine groups is 1. The van der Waals surface area contributed by atoms with E-state index in [0.717, 1.165) is 24.6 Å². The van der Waals surface area contributed by atoms with Crippen LogP contribution in [0.4, 0.5) is 0 Å². The van der Waals surface area contributed by atoms with Crippen LogP contribution in [-0.4, -0.2) is 64.0 Å². The van der Waals surface area contributed by atoms with Crippen LogP contribution in [0.15, 0.2) is 50.7 Å². The molecule has 3 heterocycles. The second-order valence-electron chi connectivity index (χ2n) is 8.63. The number of nitrogens with one attached hydrogen (secondary N) is 2. The van der Waals surface area contributed by atoms with Gasteiger partial charge >= 0.3 is 0 Å². The number of fused-ring (bicyclic) bond motifs is 1. The molecule has 2 aromatic rings. The molecule has 2 N–H and O–H groups in total. The first-order chi connectivity index (χ1) is 15.8. The summed E-state index contributed by atoms with van der Waals surface area (Å²) in [5.74, 6) is 1.41.